The number of thiophene rings is 1. The lowest BCUT2D eigenvalue weighted by Crippen LogP contribution is -2.52. The third-order valence-electron chi connectivity index (χ3n) is 5.58. The smallest absolute Gasteiger partial charge is 0.249 e. The molecule has 2 heterocycles. The van der Waals surface area contributed by atoms with Crippen LogP contribution >= 0.6 is 11.3 Å². The number of para-hydroxylation sites is 1. The first-order chi connectivity index (χ1) is 14.1. The molecule has 0 aliphatic carbocycles. The van der Waals surface area contributed by atoms with Gasteiger partial charge in [0.05, 0.1) is 12.6 Å². The highest BCUT2D eigenvalue weighted by atomic mass is 32.1. The number of anilines is 1. The van der Waals surface area contributed by atoms with E-state index in [1.165, 1.54) is 10.1 Å². The zero-order valence-corrected chi connectivity index (χ0v) is 17.5. The van der Waals surface area contributed by atoms with E-state index in [-0.39, 0.29) is 17.9 Å². The maximum Gasteiger partial charge on any atom is 0.249 e. The van der Waals surface area contributed by atoms with Crippen molar-refractivity contribution >= 4 is 38.9 Å². The standard InChI is InChI=1S/C23H25N3O2S/c1-15(24-2)22(27)25-19-11-10-16-6-3-4-9-20(16)26(23(19)28)14-18-8-5-7-17-12-13-29-21(17)18/h3-9,12-13,15,19,24H,10-11,14H2,1-2H3,(H,25,27). The molecule has 150 valence electrons. The molecule has 0 radical (unpaired) electrons. The van der Waals surface area contributed by atoms with E-state index in [4.69, 9.17) is 0 Å². The summed E-state index contributed by atoms with van der Waals surface area (Å²) in [6, 6.07) is 15.5. The molecule has 2 amide bonds. The van der Waals surface area contributed by atoms with Gasteiger partial charge in [-0.3, -0.25) is 9.59 Å². The van der Waals surface area contributed by atoms with Crippen LogP contribution in [0.3, 0.4) is 0 Å². The number of aryl methyl sites for hydroxylation is 1. The Balaban J connectivity index is 1.69. The fourth-order valence-corrected chi connectivity index (χ4v) is 4.70. The van der Waals surface area contributed by atoms with Gasteiger partial charge in [-0.15, -0.1) is 11.3 Å². The van der Waals surface area contributed by atoms with Gasteiger partial charge < -0.3 is 15.5 Å². The number of nitrogens with one attached hydrogen (secondary N) is 2. The molecule has 5 nitrogen and oxygen atoms in total. The number of amides is 2. The highest BCUT2D eigenvalue weighted by molar-refractivity contribution is 7.17. The Kier molecular flexibility index (Phi) is 5.65. The van der Waals surface area contributed by atoms with Crippen molar-refractivity contribution in [3.8, 4) is 0 Å². The number of fused-ring (bicyclic) bond motifs is 2. The summed E-state index contributed by atoms with van der Waals surface area (Å²) in [6.07, 6.45) is 1.35. The van der Waals surface area contributed by atoms with Gasteiger partial charge in [-0.1, -0.05) is 36.4 Å². The second kappa shape index (κ2) is 8.35. The number of rotatable bonds is 5. The highest BCUT2D eigenvalue weighted by Crippen LogP contribution is 2.31. The third-order valence-corrected chi connectivity index (χ3v) is 6.59. The van der Waals surface area contributed by atoms with Crippen molar-refractivity contribution in [2.75, 3.05) is 11.9 Å². The molecule has 1 aliphatic rings. The number of hydrogen-bond acceptors (Lipinski definition) is 4. The van der Waals surface area contributed by atoms with Crippen LogP contribution in [-0.2, 0) is 22.6 Å². The van der Waals surface area contributed by atoms with Crippen LogP contribution in [0.15, 0.2) is 53.9 Å². The predicted molar refractivity (Wildman–Crippen MR) is 118 cm³/mol. The summed E-state index contributed by atoms with van der Waals surface area (Å²) in [5.41, 5.74) is 3.19. The van der Waals surface area contributed by atoms with Crippen LogP contribution in [0.5, 0.6) is 0 Å². The first-order valence-electron chi connectivity index (χ1n) is 9.90. The maximum absolute atomic E-state index is 13.5. The van der Waals surface area contributed by atoms with E-state index in [9.17, 15) is 9.59 Å². The number of benzene rings is 2. The van der Waals surface area contributed by atoms with Crippen LogP contribution in [0, 0.1) is 0 Å². The van der Waals surface area contributed by atoms with Gasteiger partial charge in [-0.2, -0.15) is 0 Å². The molecule has 2 atom stereocenters. The van der Waals surface area contributed by atoms with Gasteiger partial charge in [0.15, 0.2) is 0 Å². The summed E-state index contributed by atoms with van der Waals surface area (Å²) in [4.78, 5) is 27.8. The SMILES string of the molecule is CNC(C)C(=O)NC1CCc2ccccc2N(Cc2cccc3ccsc23)C1=O. The zero-order chi connectivity index (χ0) is 20.4. The minimum atomic E-state index is -0.534. The van der Waals surface area contributed by atoms with Gasteiger partial charge in [0, 0.05) is 10.4 Å². The van der Waals surface area contributed by atoms with E-state index in [1.807, 2.05) is 29.2 Å². The number of carbonyl (C=O) groups excluding carboxylic acids is 2. The van der Waals surface area contributed by atoms with Crippen LogP contribution in [0.25, 0.3) is 10.1 Å². The van der Waals surface area contributed by atoms with Crippen LogP contribution in [0.2, 0.25) is 0 Å². The van der Waals surface area contributed by atoms with Crippen LogP contribution in [0.4, 0.5) is 5.69 Å². The molecule has 4 rings (SSSR count). The van der Waals surface area contributed by atoms with E-state index < -0.39 is 6.04 Å². The molecule has 6 heteroatoms. The Morgan fingerprint density at radius 3 is 2.86 bits per heavy atom. The van der Waals surface area contributed by atoms with Crippen molar-refractivity contribution in [3.63, 3.8) is 0 Å². The first kappa shape index (κ1) is 19.6. The van der Waals surface area contributed by atoms with Crippen LogP contribution in [0.1, 0.15) is 24.5 Å². The summed E-state index contributed by atoms with van der Waals surface area (Å²) >= 11 is 1.69. The van der Waals surface area contributed by atoms with Crippen molar-refractivity contribution in [1.29, 1.82) is 0 Å². The molecule has 0 saturated heterocycles. The largest absolute Gasteiger partial charge is 0.343 e. The zero-order valence-electron chi connectivity index (χ0n) is 16.6. The molecule has 0 bridgehead atoms. The van der Waals surface area contributed by atoms with Crippen molar-refractivity contribution in [2.24, 2.45) is 0 Å². The van der Waals surface area contributed by atoms with Gasteiger partial charge in [0.2, 0.25) is 11.8 Å². The molecule has 29 heavy (non-hydrogen) atoms. The van der Waals surface area contributed by atoms with E-state index in [0.29, 0.717) is 13.0 Å². The van der Waals surface area contributed by atoms with Crippen LogP contribution in [-0.4, -0.2) is 30.9 Å². The predicted octanol–water partition coefficient (Wildman–Crippen LogP) is 3.47. The second-order valence-electron chi connectivity index (χ2n) is 7.42. The van der Waals surface area contributed by atoms with Crippen molar-refractivity contribution < 1.29 is 9.59 Å². The minimum absolute atomic E-state index is 0.0554. The normalized spacial score (nSPS) is 17.7. The second-order valence-corrected chi connectivity index (χ2v) is 8.34. The third kappa shape index (κ3) is 3.91. The Bertz CT molecular complexity index is 1050. The Labute approximate surface area is 174 Å². The average Bonchev–Trinajstić information content (AvgIpc) is 3.19. The highest BCUT2D eigenvalue weighted by Gasteiger charge is 2.32. The van der Waals surface area contributed by atoms with Crippen molar-refractivity contribution in [2.45, 2.75) is 38.4 Å². The quantitative estimate of drug-likeness (QED) is 0.681. The number of likely N-dealkylation sites (N-methyl/N-ethyl adjacent to an activating group) is 1. The van der Waals surface area contributed by atoms with Gasteiger partial charge in [0.1, 0.15) is 6.04 Å². The minimum Gasteiger partial charge on any atom is -0.343 e. The Hall–Kier alpha value is -2.70. The van der Waals surface area contributed by atoms with Crippen molar-refractivity contribution in [3.05, 3.63) is 65.0 Å². The summed E-state index contributed by atoms with van der Waals surface area (Å²) in [6.45, 7) is 2.28. The number of nitrogens with zero attached hydrogens (tertiary/aromatic N) is 1. The van der Waals surface area contributed by atoms with E-state index >= 15 is 0 Å². The van der Waals surface area contributed by atoms with E-state index in [2.05, 4.69) is 40.3 Å². The van der Waals surface area contributed by atoms with Crippen LogP contribution < -0.4 is 15.5 Å². The van der Waals surface area contributed by atoms with Gasteiger partial charge >= 0.3 is 0 Å². The Morgan fingerprint density at radius 1 is 1.21 bits per heavy atom. The molecule has 1 aliphatic heterocycles. The number of hydrogen-bond donors (Lipinski definition) is 2. The lowest BCUT2D eigenvalue weighted by atomic mass is 10.1. The molecular weight excluding hydrogens is 382 g/mol. The molecule has 0 fully saturated rings. The monoisotopic (exact) mass is 407 g/mol. The molecule has 1 aromatic heterocycles. The average molecular weight is 408 g/mol. The molecule has 2 unspecified atom stereocenters. The Morgan fingerprint density at radius 2 is 2.03 bits per heavy atom. The summed E-state index contributed by atoms with van der Waals surface area (Å²) in [7, 11) is 1.74. The summed E-state index contributed by atoms with van der Waals surface area (Å²) in [5.74, 6) is -0.211. The van der Waals surface area contributed by atoms with Crippen molar-refractivity contribution in [1.82, 2.24) is 10.6 Å². The lowest BCUT2D eigenvalue weighted by Gasteiger charge is -2.27. The number of carbonyl (C=O) groups is 2. The van der Waals surface area contributed by atoms with Gasteiger partial charge in [-0.25, -0.2) is 0 Å². The fraction of sp³-hybridized carbons (Fsp3) is 0.304. The fourth-order valence-electron chi connectivity index (χ4n) is 3.79. The molecule has 3 aromatic rings. The molecule has 0 saturated carbocycles. The molecular formula is C23H25N3O2S. The maximum atomic E-state index is 13.5. The van der Waals surface area contributed by atoms with Gasteiger partial charge in [-0.05, 0) is 60.8 Å². The molecule has 2 N–H and O–H groups in total. The van der Waals surface area contributed by atoms with E-state index in [0.717, 1.165) is 23.2 Å². The lowest BCUT2D eigenvalue weighted by molar-refractivity contribution is -0.128. The van der Waals surface area contributed by atoms with Gasteiger partial charge in [0.25, 0.3) is 0 Å². The van der Waals surface area contributed by atoms with E-state index in [1.54, 1.807) is 25.3 Å². The molecule has 2 aromatic carbocycles. The first-order valence-corrected chi connectivity index (χ1v) is 10.8. The molecule has 0 spiro atoms. The topological polar surface area (TPSA) is 61.4 Å². The summed E-state index contributed by atoms with van der Waals surface area (Å²) < 4.78 is 1.20. The summed E-state index contributed by atoms with van der Waals surface area (Å²) in [5, 5.41) is 9.15.